The van der Waals surface area contributed by atoms with Crippen LogP contribution in [-0.2, 0) is 6.61 Å². The van der Waals surface area contributed by atoms with Gasteiger partial charge in [-0.15, -0.1) is 5.10 Å². The molecule has 3 nitrogen and oxygen atoms in total. The summed E-state index contributed by atoms with van der Waals surface area (Å²) in [7, 11) is 0. The van der Waals surface area contributed by atoms with Crippen molar-refractivity contribution in [3.05, 3.63) is 51.9 Å². The van der Waals surface area contributed by atoms with Gasteiger partial charge in [-0.05, 0) is 34.2 Å². The van der Waals surface area contributed by atoms with E-state index in [0.717, 1.165) is 9.26 Å². The van der Waals surface area contributed by atoms with Gasteiger partial charge in [-0.25, -0.2) is 0 Å². The van der Waals surface area contributed by atoms with Gasteiger partial charge in [-0.2, -0.15) is 0 Å². The van der Waals surface area contributed by atoms with Crippen LogP contribution in [0.1, 0.15) is 5.56 Å². The smallest absolute Gasteiger partial charge is 0.142 e. The van der Waals surface area contributed by atoms with Gasteiger partial charge in [0.1, 0.15) is 10.3 Å². The van der Waals surface area contributed by atoms with Crippen LogP contribution in [0, 0.1) is 3.70 Å². The lowest BCUT2D eigenvalue weighted by Gasteiger charge is -2.05. The molecule has 4 heteroatoms. The van der Waals surface area contributed by atoms with Crippen LogP contribution in [0.4, 0.5) is 0 Å². The number of halogens is 1. The summed E-state index contributed by atoms with van der Waals surface area (Å²) in [5.74, 6) is 0. The van der Waals surface area contributed by atoms with Crippen molar-refractivity contribution < 1.29 is 4.84 Å². The van der Waals surface area contributed by atoms with Gasteiger partial charge in [0.2, 0.25) is 0 Å². The summed E-state index contributed by atoms with van der Waals surface area (Å²) in [4.78, 5) is 6.98. The first kappa shape index (κ1) is 9.51. The highest BCUT2D eigenvalue weighted by atomic mass is 127. The Balaban J connectivity index is 1.99. The predicted molar refractivity (Wildman–Crippen MR) is 61.7 cm³/mol. The maximum absolute atomic E-state index is 5.46. The molecule has 0 N–H and O–H groups in total. The van der Waals surface area contributed by atoms with E-state index in [0.29, 0.717) is 6.61 Å². The molecule has 0 bridgehead atoms. The lowest BCUT2D eigenvalue weighted by molar-refractivity contribution is 0.0646. The fourth-order valence-electron chi connectivity index (χ4n) is 1.08. The van der Waals surface area contributed by atoms with Crippen molar-refractivity contribution in [3.63, 3.8) is 0 Å². The summed E-state index contributed by atoms with van der Waals surface area (Å²) in [5.41, 5.74) is 1.14. The highest BCUT2D eigenvalue weighted by molar-refractivity contribution is 14.1. The lowest BCUT2D eigenvalue weighted by atomic mass is 10.2. The number of nitrogens with zero attached hydrogens (tertiary/aromatic N) is 2. The monoisotopic (exact) mass is 300 g/mol. The molecule has 1 heterocycles. The molecule has 0 aliphatic rings. The summed E-state index contributed by atoms with van der Waals surface area (Å²) in [6, 6.07) is 11.9. The molecule has 2 aromatic rings. The third-order valence-corrected chi connectivity index (χ3v) is 2.53. The molecule has 0 spiro atoms. The number of rotatable bonds is 3. The van der Waals surface area contributed by atoms with Crippen LogP contribution in [0.3, 0.4) is 0 Å². The molecule has 0 unspecified atom stereocenters. The molecule has 72 valence electrons. The average molecular weight is 300 g/mol. The van der Waals surface area contributed by atoms with Gasteiger partial charge in [0, 0.05) is 0 Å². The zero-order valence-corrected chi connectivity index (χ0v) is 9.59. The van der Waals surface area contributed by atoms with E-state index in [1.165, 1.54) is 4.85 Å². The Morgan fingerprint density at radius 1 is 1.21 bits per heavy atom. The van der Waals surface area contributed by atoms with E-state index < -0.39 is 0 Å². The van der Waals surface area contributed by atoms with Crippen molar-refractivity contribution in [3.8, 4) is 0 Å². The molecule has 0 saturated heterocycles. The van der Waals surface area contributed by atoms with E-state index >= 15 is 0 Å². The van der Waals surface area contributed by atoms with Gasteiger partial charge < -0.3 is 4.84 Å². The van der Waals surface area contributed by atoms with Crippen molar-refractivity contribution >= 4 is 22.6 Å². The van der Waals surface area contributed by atoms with Crippen molar-refractivity contribution in [1.29, 1.82) is 0 Å². The molecule has 0 saturated carbocycles. The molecule has 0 fully saturated rings. The van der Waals surface area contributed by atoms with Crippen LogP contribution >= 0.6 is 22.6 Å². The van der Waals surface area contributed by atoms with Crippen LogP contribution in [-0.4, -0.2) is 9.94 Å². The van der Waals surface area contributed by atoms with E-state index in [-0.39, 0.29) is 0 Å². The minimum atomic E-state index is 0.540. The largest absolute Gasteiger partial charge is 0.391 e. The molecule has 0 atom stereocenters. The highest BCUT2D eigenvalue weighted by Crippen LogP contribution is 2.03. The van der Waals surface area contributed by atoms with E-state index in [4.69, 9.17) is 4.84 Å². The molecular weight excluding hydrogens is 291 g/mol. The lowest BCUT2D eigenvalue weighted by Crippen LogP contribution is -2.13. The van der Waals surface area contributed by atoms with Crippen LogP contribution in [0.25, 0.3) is 0 Å². The Labute approximate surface area is 95.8 Å². The summed E-state index contributed by atoms with van der Waals surface area (Å²) >= 11 is 2.17. The Kier molecular flexibility index (Phi) is 3.03. The molecule has 1 aromatic heterocycles. The van der Waals surface area contributed by atoms with Crippen molar-refractivity contribution in [2.75, 3.05) is 0 Å². The van der Waals surface area contributed by atoms with Crippen LogP contribution in [0.15, 0.2) is 42.6 Å². The first-order valence-electron chi connectivity index (χ1n) is 4.23. The number of hydrogen-bond acceptors (Lipinski definition) is 2. The van der Waals surface area contributed by atoms with Crippen LogP contribution in [0.5, 0.6) is 0 Å². The second-order valence-corrected chi connectivity index (χ2v) is 3.89. The quantitative estimate of drug-likeness (QED) is 0.812. The Morgan fingerprint density at radius 3 is 2.64 bits per heavy atom. The zero-order chi connectivity index (χ0) is 9.80. The van der Waals surface area contributed by atoms with Crippen LogP contribution in [0.2, 0.25) is 0 Å². The summed E-state index contributed by atoms with van der Waals surface area (Å²) < 4.78 is 0.971. The van der Waals surface area contributed by atoms with Crippen molar-refractivity contribution in [2.45, 2.75) is 6.61 Å². The van der Waals surface area contributed by atoms with Gasteiger partial charge in [0.15, 0.2) is 0 Å². The van der Waals surface area contributed by atoms with E-state index in [2.05, 4.69) is 27.7 Å². The summed E-state index contributed by atoms with van der Waals surface area (Å²) in [6.07, 6.45) is 1.72. The van der Waals surface area contributed by atoms with E-state index in [9.17, 15) is 0 Å². The van der Waals surface area contributed by atoms with Gasteiger partial charge in [0.05, 0.1) is 6.20 Å². The van der Waals surface area contributed by atoms with Gasteiger partial charge >= 0.3 is 0 Å². The number of hydrogen-bond donors (Lipinski definition) is 0. The van der Waals surface area contributed by atoms with Crippen molar-refractivity contribution in [2.24, 2.45) is 0 Å². The van der Waals surface area contributed by atoms with Gasteiger partial charge in [-0.1, -0.05) is 35.2 Å². The summed E-state index contributed by atoms with van der Waals surface area (Å²) in [6.45, 7) is 0.540. The Hall–Kier alpha value is -1.04. The second-order valence-electron chi connectivity index (χ2n) is 2.79. The fourth-order valence-corrected chi connectivity index (χ4v) is 1.50. The second kappa shape index (κ2) is 4.45. The number of benzene rings is 1. The number of aromatic nitrogens is 2. The van der Waals surface area contributed by atoms with Gasteiger partial charge in [0.25, 0.3) is 0 Å². The highest BCUT2D eigenvalue weighted by Gasteiger charge is 1.98. The van der Waals surface area contributed by atoms with Gasteiger partial charge in [-0.3, -0.25) is 0 Å². The van der Waals surface area contributed by atoms with Crippen LogP contribution < -0.4 is 4.84 Å². The van der Waals surface area contributed by atoms with Crippen molar-refractivity contribution in [1.82, 2.24) is 9.94 Å². The molecule has 0 aliphatic heterocycles. The maximum Gasteiger partial charge on any atom is 0.142 e. The molecular formula is C10H9IN2O. The third kappa shape index (κ3) is 2.25. The normalized spacial score (nSPS) is 10.1. The Morgan fingerprint density at radius 2 is 2.00 bits per heavy atom. The molecule has 1 aromatic carbocycles. The SMILES string of the molecule is Ic1ccnn1OCc1ccccc1. The maximum atomic E-state index is 5.46. The first-order valence-corrected chi connectivity index (χ1v) is 5.31. The first-order chi connectivity index (χ1) is 6.86. The third-order valence-electron chi connectivity index (χ3n) is 1.76. The molecule has 0 amide bonds. The van der Waals surface area contributed by atoms with E-state index in [1.54, 1.807) is 6.20 Å². The molecule has 0 radical (unpaired) electrons. The minimum absolute atomic E-state index is 0.540. The molecule has 2 rings (SSSR count). The minimum Gasteiger partial charge on any atom is -0.391 e. The predicted octanol–water partition coefficient (Wildman–Crippen LogP) is 2.12. The topological polar surface area (TPSA) is 27.1 Å². The molecule has 0 aliphatic carbocycles. The fraction of sp³-hybridized carbons (Fsp3) is 0.100. The van der Waals surface area contributed by atoms with E-state index in [1.807, 2.05) is 36.4 Å². The molecule has 14 heavy (non-hydrogen) atoms. The summed E-state index contributed by atoms with van der Waals surface area (Å²) in [5, 5.41) is 4.02. The standard InChI is InChI=1S/C10H9IN2O/c11-10-6-7-12-13(10)14-8-9-4-2-1-3-5-9/h1-7H,8H2. The zero-order valence-electron chi connectivity index (χ0n) is 7.43. The Bertz CT molecular complexity index is 400. The average Bonchev–Trinajstić information content (AvgIpc) is 2.63.